The molecule has 0 spiro atoms. The van der Waals surface area contributed by atoms with Crippen molar-refractivity contribution < 1.29 is 24.3 Å². The van der Waals surface area contributed by atoms with Gasteiger partial charge in [-0.15, -0.1) is 0 Å². The first-order valence-corrected chi connectivity index (χ1v) is 8.99. The summed E-state index contributed by atoms with van der Waals surface area (Å²) < 4.78 is 0. The van der Waals surface area contributed by atoms with Crippen molar-refractivity contribution in [2.75, 3.05) is 12.3 Å². The van der Waals surface area contributed by atoms with Crippen LogP contribution in [0.3, 0.4) is 0 Å². The second kappa shape index (κ2) is 13.2. The third kappa shape index (κ3) is 13.0. The predicted molar refractivity (Wildman–Crippen MR) is 90.2 cm³/mol. The van der Waals surface area contributed by atoms with Crippen molar-refractivity contribution in [2.24, 2.45) is 0 Å². The smallest absolute Gasteiger partial charge is 0.216 e. The van der Waals surface area contributed by atoms with Crippen LogP contribution in [0.25, 0.3) is 0 Å². The molecule has 0 aliphatic heterocycles. The molecule has 23 heavy (non-hydrogen) atoms. The quantitative estimate of drug-likeness (QED) is 0.389. The van der Waals surface area contributed by atoms with Crippen molar-refractivity contribution in [3.8, 4) is 0 Å². The van der Waals surface area contributed by atoms with Gasteiger partial charge in [0, 0.05) is 38.5 Å². The van der Waals surface area contributed by atoms with Crippen LogP contribution in [0.4, 0.5) is 0 Å². The fraction of sp³-hybridized carbons (Fsp3) is 0.750. The number of amides is 1. The zero-order valence-electron chi connectivity index (χ0n) is 13.9. The van der Waals surface area contributed by atoms with Gasteiger partial charge in [-0.2, -0.15) is 0 Å². The number of aliphatic hydroxyl groups is 1. The number of carbonyl (C=O) groups excluding carboxylic acids is 4. The summed E-state index contributed by atoms with van der Waals surface area (Å²) in [6.07, 6.45) is 2.28. The van der Waals surface area contributed by atoms with Crippen molar-refractivity contribution in [3.63, 3.8) is 0 Å². The Labute approximate surface area is 141 Å². The van der Waals surface area contributed by atoms with Gasteiger partial charge in [0.15, 0.2) is 16.7 Å². The third-order valence-corrected chi connectivity index (χ3v) is 4.10. The molecule has 132 valence electrons. The van der Waals surface area contributed by atoms with Crippen LogP contribution in [-0.4, -0.2) is 46.1 Å². The second-order valence-corrected chi connectivity index (χ2v) is 6.54. The van der Waals surface area contributed by atoms with E-state index in [9.17, 15) is 24.3 Å². The monoisotopic (exact) mass is 345 g/mol. The first-order chi connectivity index (χ1) is 10.9. The lowest BCUT2D eigenvalue weighted by Crippen LogP contribution is -2.22. The second-order valence-electron chi connectivity index (χ2n) is 5.38. The number of thioether (sulfide) groups is 1. The summed E-state index contributed by atoms with van der Waals surface area (Å²) in [6.45, 7) is 3.78. The SMILES string of the molecule is CCC[C@H](O)CCCC(=O)C(=O)CCC(=O)SCCNC(C)=O. The van der Waals surface area contributed by atoms with E-state index in [1.807, 2.05) is 6.92 Å². The van der Waals surface area contributed by atoms with E-state index in [4.69, 9.17) is 0 Å². The molecule has 0 rings (SSSR count). The van der Waals surface area contributed by atoms with Gasteiger partial charge in [0.25, 0.3) is 0 Å². The summed E-state index contributed by atoms with van der Waals surface area (Å²) in [5, 5.41) is 12.0. The maximum absolute atomic E-state index is 11.6. The van der Waals surface area contributed by atoms with Crippen molar-refractivity contribution in [1.29, 1.82) is 0 Å². The number of hydrogen-bond donors (Lipinski definition) is 2. The Hall–Kier alpha value is -1.21. The summed E-state index contributed by atoms with van der Waals surface area (Å²) in [7, 11) is 0. The predicted octanol–water partition coefficient (Wildman–Crippen LogP) is 1.63. The van der Waals surface area contributed by atoms with Crippen LogP contribution >= 0.6 is 11.8 Å². The summed E-state index contributed by atoms with van der Waals surface area (Å²) in [5.41, 5.74) is 0. The summed E-state index contributed by atoms with van der Waals surface area (Å²) in [4.78, 5) is 45.5. The molecule has 0 unspecified atom stereocenters. The van der Waals surface area contributed by atoms with E-state index >= 15 is 0 Å². The van der Waals surface area contributed by atoms with Crippen LogP contribution < -0.4 is 5.32 Å². The van der Waals surface area contributed by atoms with E-state index in [0.717, 1.165) is 18.2 Å². The fourth-order valence-electron chi connectivity index (χ4n) is 1.93. The molecule has 0 bridgehead atoms. The van der Waals surface area contributed by atoms with Gasteiger partial charge in [-0.25, -0.2) is 0 Å². The van der Waals surface area contributed by atoms with Gasteiger partial charge in [-0.3, -0.25) is 19.2 Å². The van der Waals surface area contributed by atoms with Gasteiger partial charge in [-0.05, 0) is 19.3 Å². The van der Waals surface area contributed by atoms with Crippen LogP contribution in [0.5, 0.6) is 0 Å². The Morgan fingerprint density at radius 1 is 1.04 bits per heavy atom. The molecule has 2 N–H and O–H groups in total. The molecule has 0 saturated carbocycles. The molecule has 7 heteroatoms. The first-order valence-electron chi connectivity index (χ1n) is 8.01. The van der Waals surface area contributed by atoms with Crippen LogP contribution in [-0.2, 0) is 19.2 Å². The Kier molecular flexibility index (Phi) is 12.6. The molecular formula is C16H27NO5S. The van der Waals surface area contributed by atoms with Crippen molar-refractivity contribution in [3.05, 3.63) is 0 Å². The average Bonchev–Trinajstić information content (AvgIpc) is 2.49. The minimum Gasteiger partial charge on any atom is -0.393 e. The van der Waals surface area contributed by atoms with Crippen molar-refractivity contribution in [1.82, 2.24) is 5.32 Å². The molecule has 1 amide bonds. The average molecular weight is 345 g/mol. The van der Waals surface area contributed by atoms with Gasteiger partial charge in [0.1, 0.15) is 0 Å². The topological polar surface area (TPSA) is 101 Å². The number of carbonyl (C=O) groups is 4. The molecule has 0 aliphatic carbocycles. The summed E-state index contributed by atoms with van der Waals surface area (Å²) >= 11 is 1.05. The molecule has 0 aliphatic rings. The molecule has 0 fully saturated rings. The Bertz CT molecular complexity index is 411. The number of nitrogens with one attached hydrogen (secondary N) is 1. The first kappa shape index (κ1) is 21.8. The minimum absolute atomic E-state index is 0.0355. The van der Waals surface area contributed by atoms with E-state index in [1.54, 1.807) is 0 Å². The Balaban J connectivity index is 3.76. The van der Waals surface area contributed by atoms with E-state index in [0.29, 0.717) is 31.6 Å². The molecule has 0 saturated heterocycles. The van der Waals surface area contributed by atoms with E-state index in [1.165, 1.54) is 6.92 Å². The van der Waals surface area contributed by atoms with Gasteiger partial charge in [0.05, 0.1) is 6.10 Å². The molecule has 0 aromatic carbocycles. The Morgan fingerprint density at radius 3 is 2.30 bits per heavy atom. The molecular weight excluding hydrogens is 318 g/mol. The zero-order chi connectivity index (χ0) is 17.7. The number of hydrogen-bond acceptors (Lipinski definition) is 6. The number of rotatable bonds is 13. The molecule has 6 nitrogen and oxygen atoms in total. The maximum atomic E-state index is 11.6. The molecule has 0 aromatic rings. The van der Waals surface area contributed by atoms with E-state index in [-0.39, 0.29) is 30.3 Å². The van der Waals surface area contributed by atoms with Gasteiger partial charge in [0.2, 0.25) is 5.91 Å². The van der Waals surface area contributed by atoms with Crippen molar-refractivity contribution in [2.45, 2.75) is 64.9 Å². The molecule has 1 atom stereocenters. The van der Waals surface area contributed by atoms with Crippen LogP contribution in [0.1, 0.15) is 58.8 Å². The minimum atomic E-state index is -0.522. The largest absolute Gasteiger partial charge is 0.393 e. The van der Waals surface area contributed by atoms with E-state index in [2.05, 4.69) is 5.32 Å². The lowest BCUT2D eigenvalue weighted by atomic mass is 10.0. The van der Waals surface area contributed by atoms with Gasteiger partial charge in [-0.1, -0.05) is 25.1 Å². The number of Topliss-reactive ketones (excluding diaryl/α,β-unsaturated/α-hetero) is 2. The lowest BCUT2D eigenvalue weighted by Gasteiger charge is -2.07. The molecule has 0 radical (unpaired) electrons. The normalized spacial score (nSPS) is 11.8. The highest BCUT2D eigenvalue weighted by Crippen LogP contribution is 2.10. The number of ketones is 2. The van der Waals surface area contributed by atoms with Crippen molar-refractivity contribution >= 4 is 34.4 Å². The van der Waals surface area contributed by atoms with E-state index < -0.39 is 17.7 Å². The summed E-state index contributed by atoms with van der Waals surface area (Å²) in [5.74, 6) is -0.686. The fourth-order valence-corrected chi connectivity index (χ4v) is 2.61. The lowest BCUT2D eigenvalue weighted by molar-refractivity contribution is -0.137. The highest BCUT2D eigenvalue weighted by Gasteiger charge is 2.16. The molecule has 0 heterocycles. The highest BCUT2D eigenvalue weighted by molar-refractivity contribution is 8.13. The van der Waals surface area contributed by atoms with Gasteiger partial charge < -0.3 is 10.4 Å². The van der Waals surface area contributed by atoms with Crippen LogP contribution in [0.2, 0.25) is 0 Å². The highest BCUT2D eigenvalue weighted by atomic mass is 32.2. The number of aliphatic hydroxyl groups excluding tert-OH is 1. The molecule has 0 aromatic heterocycles. The third-order valence-electron chi connectivity index (χ3n) is 3.17. The standard InChI is InChI=1S/C16H27NO5S/c1-3-5-13(19)6-4-7-14(20)15(21)8-9-16(22)23-11-10-17-12(2)18/h13,19H,3-11H2,1-2H3,(H,17,18)/t13-/m0/s1. The maximum Gasteiger partial charge on any atom is 0.216 e. The zero-order valence-corrected chi connectivity index (χ0v) is 14.7. The van der Waals surface area contributed by atoms with Gasteiger partial charge >= 0.3 is 0 Å². The van der Waals surface area contributed by atoms with Crippen LogP contribution in [0.15, 0.2) is 0 Å². The summed E-state index contributed by atoms with van der Waals surface area (Å²) in [6, 6.07) is 0. The van der Waals surface area contributed by atoms with Crippen LogP contribution in [0, 0.1) is 0 Å². The Morgan fingerprint density at radius 2 is 1.70 bits per heavy atom.